The van der Waals surface area contributed by atoms with Crippen LogP contribution in [0.2, 0.25) is 0 Å². The Morgan fingerprint density at radius 1 is 1.14 bits per heavy atom. The van der Waals surface area contributed by atoms with E-state index in [-0.39, 0.29) is 11.7 Å². The highest BCUT2D eigenvalue weighted by atomic mass is 19.1. The van der Waals surface area contributed by atoms with E-state index in [1.165, 1.54) is 37.8 Å². The molecule has 3 heterocycles. The quantitative estimate of drug-likeness (QED) is 0.605. The van der Waals surface area contributed by atoms with E-state index < -0.39 is 0 Å². The third-order valence-electron chi connectivity index (χ3n) is 6.49. The van der Waals surface area contributed by atoms with Gasteiger partial charge in [0, 0.05) is 18.2 Å². The number of aryl methyl sites for hydroxylation is 1. The molecule has 1 aliphatic heterocycles. The molecule has 1 saturated carbocycles. The Morgan fingerprint density at radius 3 is 2.72 bits per heavy atom. The van der Waals surface area contributed by atoms with Gasteiger partial charge in [0.15, 0.2) is 0 Å². The van der Waals surface area contributed by atoms with Crippen molar-refractivity contribution in [2.45, 2.75) is 51.5 Å². The Morgan fingerprint density at radius 2 is 1.90 bits per heavy atom. The molecule has 0 spiro atoms. The third kappa shape index (κ3) is 3.20. The lowest BCUT2D eigenvalue weighted by Crippen LogP contribution is -2.49. The smallest absolute Gasteiger partial charge is 0.259 e. The van der Waals surface area contributed by atoms with E-state index in [0.717, 1.165) is 24.9 Å². The SMILES string of the molecule is Cc1noc2nc(-c3ccc(F)cc3)cc(C(=O)N3CCCC4CCCCC43)c12. The zero-order chi connectivity index (χ0) is 20.0. The summed E-state index contributed by atoms with van der Waals surface area (Å²) >= 11 is 0. The molecule has 1 aliphatic carbocycles. The number of benzene rings is 1. The maximum Gasteiger partial charge on any atom is 0.259 e. The van der Waals surface area contributed by atoms with Gasteiger partial charge in [0.25, 0.3) is 11.6 Å². The monoisotopic (exact) mass is 393 g/mol. The van der Waals surface area contributed by atoms with Crippen LogP contribution < -0.4 is 0 Å². The maximum absolute atomic E-state index is 13.7. The minimum atomic E-state index is -0.307. The summed E-state index contributed by atoms with van der Waals surface area (Å²) in [6.07, 6.45) is 7.01. The minimum absolute atomic E-state index is 0.0312. The highest BCUT2D eigenvalue weighted by molar-refractivity contribution is 6.07. The van der Waals surface area contributed by atoms with E-state index in [2.05, 4.69) is 15.0 Å². The average Bonchev–Trinajstić information content (AvgIpc) is 3.13. The summed E-state index contributed by atoms with van der Waals surface area (Å²) in [4.78, 5) is 20.3. The van der Waals surface area contributed by atoms with Crippen molar-refractivity contribution in [2.24, 2.45) is 5.92 Å². The summed E-state index contributed by atoms with van der Waals surface area (Å²) in [5.74, 6) is 0.334. The first kappa shape index (κ1) is 18.3. The van der Waals surface area contributed by atoms with E-state index in [4.69, 9.17) is 4.52 Å². The predicted octanol–water partition coefficient (Wildman–Crippen LogP) is 5.13. The van der Waals surface area contributed by atoms with Gasteiger partial charge in [-0.2, -0.15) is 0 Å². The van der Waals surface area contributed by atoms with Gasteiger partial charge in [-0.3, -0.25) is 4.79 Å². The van der Waals surface area contributed by atoms with Crippen LogP contribution in [0.5, 0.6) is 0 Å². The van der Waals surface area contributed by atoms with Crippen LogP contribution in [0, 0.1) is 18.7 Å². The molecule has 0 N–H and O–H groups in total. The van der Waals surface area contributed by atoms with Gasteiger partial charge in [-0.05, 0) is 68.9 Å². The number of rotatable bonds is 2. The lowest BCUT2D eigenvalue weighted by Gasteiger charge is -2.44. The lowest BCUT2D eigenvalue weighted by molar-refractivity contribution is 0.0392. The standard InChI is InChI=1S/C23H24FN3O2/c1-14-21-18(23(28)27-12-4-6-16-5-2-3-7-20(16)27)13-19(25-22(21)29-26-14)15-8-10-17(24)11-9-15/h8-11,13,16,20H,2-7,12H2,1H3. The highest BCUT2D eigenvalue weighted by Crippen LogP contribution is 2.37. The molecule has 2 aromatic heterocycles. The lowest BCUT2D eigenvalue weighted by atomic mass is 9.78. The molecular formula is C23H24FN3O2. The molecule has 1 saturated heterocycles. The predicted molar refractivity (Wildman–Crippen MR) is 108 cm³/mol. The first-order chi connectivity index (χ1) is 14.1. The summed E-state index contributed by atoms with van der Waals surface area (Å²) in [5, 5.41) is 4.73. The fourth-order valence-corrected chi connectivity index (χ4v) is 5.06. The van der Waals surface area contributed by atoms with Crippen molar-refractivity contribution < 1.29 is 13.7 Å². The number of halogens is 1. The molecule has 6 heteroatoms. The van der Waals surface area contributed by atoms with Gasteiger partial charge >= 0.3 is 0 Å². The van der Waals surface area contributed by atoms with Gasteiger partial charge in [0.05, 0.1) is 22.3 Å². The number of fused-ring (bicyclic) bond motifs is 2. The van der Waals surface area contributed by atoms with Crippen LogP contribution in [-0.2, 0) is 0 Å². The summed E-state index contributed by atoms with van der Waals surface area (Å²) < 4.78 is 18.8. The Balaban J connectivity index is 1.60. The van der Waals surface area contributed by atoms with Crippen molar-refractivity contribution in [3.8, 4) is 11.3 Å². The van der Waals surface area contributed by atoms with Crippen LogP contribution >= 0.6 is 0 Å². The molecule has 2 fully saturated rings. The molecular weight excluding hydrogens is 369 g/mol. The van der Waals surface area contributed by atoms with Crippen LogP contribution in [0.25, 0.3) is 22.4 Å². The largest absolute Gasteiger partial charge is 0.335 e. The van der Waals surface area contributed by atoms with E-state index in [9.17, 15) is 9.18 Å². The van der Waals surface area contributed by atoms with Crippen LogP contribution in [-0.4, -0.2) is 33.5 Å². The average molecular weight is 393 g/mol. The van der Waals surface area contributed by atoms with Crippen LogP contribution in [0.3, 0.4) is 0 Å². The zero-order valence-electron chi connectivity index (χ0n) is 16.5. The van der Waals surface area contributed by atoms with Crippen LogP contribution in [0.15, 0.2) is 34.9 Å². The normalized spacial score (nSPS) is 21.9. The Bertz CT molecular complexity index is 1060. The molecule has 1 aromatic carbocycles. The second-order valence-electron chi connectivity index (χ2n) is 8.26. The number of likely N-dealkylation sites (tertiary alicyclic amines) is 1. The van der Waals surface area contributed by atoms with Crippen molar-refractivity contribution in [3.63, 3.8) is 0 Å². The van der Waals surface area contributed by atoms with Crippen molar-refractivity contribution in [3.05, 3.63) is 47.4 Å². The van der Waals surface area contributed by atoms with E-state index >= 15 is 0 Å². The molecule has 5 nitrogen and oxygen atoms in total. The number of aromatic nitrogens is 2. The number of carbonyl (C=O) groups is 1. The van der Waals surface area contributed by atoms with Gasteiger partial charge in [-0.15, -0.1) is 0 Å². The van der Waals surface area contributed by atoms with E-state index in [1.807, 2.05) is 13.0 Å². The first-order valence-corrected chi connectivity index (χ1v) is 10.5. The summed E-state index contributed by atoms with van der Waals surface area (Å²) in [5.41, 5.74) is 2.93. The Kier molecular flexibility index (Phi) is 4.57. The van der Waals surface area contributed by atoms with Gasteiger partial charge in [-0.25, -0.2) is 9.37 Å². The van der Waals surface area contributed by atoms with Crippen molar-refractivity contribution in [2.75, 3.05) is 6.54 Å². The molecule has 0 bridgehead atoms. The van der Waals surface area contributed by atoms with Gasteiger partial charge in [0.2, 0.25) is 0 Å². The topological polar surface area (TPSA) is 59.2 Å². The number of carbonyl (C=O) groups excluding carboxylic acids is 1. The Hall–Kier alpha value is -2.76. The molecule has 3 aromatic rings. The minimum Gasteiger partial charge on any atom is -0.335 e. The highest BCUT2D eigenvalue weighted by Gasteiger charge is 2.37. The molecule has 29 heavy (non-hydrogen) atoms. The second kappa shape index (κ2) is 7.25. The summed E-state index contributed by atoms with van der Waals surface area (Å²) in [6.45, 7) is 2.63. The van der Waals surface area contributed by atoms with Gasteiger partial charge < -0.3 is 9.42 Å². The number of pyridine rings is 1. The summed E-state index contributed by atoms with van der Waals surface area (Å²) in [7, 11) is 0. The van der Waals surface area contributed by atoms with Gasteiger partial charge in [-0.1, -0.05) is 18.0 Å². The van der Waals surface area contributed by atoms with E-state index in [1.54, 1.807) is 12.1 Å². The molecule has 2 atom stereocenters. The fourth-order valence-electron chi connectivity index (χ4n) is 5.06. The summed E-state index contributed by atoms with van der Waals surface area (Å²) in [6, 6.07) is 8.26. The number of amides is 1. The number of nitrogens with zero attached hydrogens (tertiary/aromatic N) is 3. The van der Waals surface area contributed by atoms with Crippen molar-refractivity contribution in [1.29, 1.82) is 0 Å². The molecule has 5 rings (SSSR count). The van der Waals surface area contributed by atoms with Crippen LogP contribution in [0.4, 0.5) is 4.39 Å². The molecule has 0 radical (unpaired) electrons. The fraction of sp³-hybridized carbons (Fsp3) is 0.435. The number of piperidine rings is 1. The Labute approximate surface area is 168 Å². The maximum atomic E-state index is 13.7. The van der Waals surface area contributed by atoms with Crippen molar-refractivity contribution in [1.82, 2.24) is 15.0 Å². The number of hydrogen-bond donors (Lipinski definition) is 0. The molecule has 2 aliphatic rings. The molecule has 2 unspecified atom stereocenters. The van der Waals surface area contributed by atoms with E-state index in [0.29, 0.717) is 40.0 Å². The first-order valence-electron chi connectivity index (χ1n) is 10.5. The van der Waals surface area contributed by atoms with Crippen molar-refractivity contribution >= 4 is 17.0 Å². The van der Waals surface area contributed by atoms with Gasteiger partial charge in [0.1, 0.15) is 5.82 Å². The molecule has 150 valence electrons. The number of hydrogen-bond acceptors (Lipinski definition) is 4. The molecule has 1 amide bonds. The second-order valence-corrected chi connectivity index (χ2v) is 8.26. The van der Waals surface area contributed by atoms with Crippen LogP contribution in [0.1, 0.15) is 54.6 Å². The third-order valence-corrected chi connectivity index (χ3v) is 6.49. The zero-order valence-corrected chi connectivity index (χ0v) is 16.5.